The van der Waals surface area contributed by atoms with E-state index in [2.05, 4.69) is 4.99 Å². The molecular weight excluding hydrogens is 392 g/mol. The number of carboxylic acid groups (broad SMARTS) is 1. The van der Waals surface area contributed by atoms with Crippen molar-refractivity contribution in [2.24, 2.45) is 4.99 Å². The molecule has 2 aromatic rings. The number of thioether (sulfide) groups is 1. The number of aromatic carboxylic acids is 1. The SMILES string of the molecule is CCN1C(=O)C(=Cc2ccc(OC)cc2OC)SC1=Nc1cccc(C(=O)O)c1. The van der Waals surface area contributed by atoms with Crippen LogP contribution in [0.4, 0.5) is 5.69 Å². The Balaban J connectivity index is 1.96. The summed E-state index contributed by atoms with van der Waals surface area (Å²) in [5.74, 6) is 0.0586. The second kappa shape index (κ2) is 8.83. The van der Waals surface area contributed by atoms with Crippen LogP contribution >= 0.6 is 11.8 Å². The number of carbonyl (C=O) groups is 2. The molecule has 150 valence electrons. The molecule has 1 N–H and O–H groups in total. The third-order valence-corrected chi connectivity index (χ3v) is 5.26. The summed E-state index contributed by atoms with van der Waals surface area (Å²) in [5.41, 5.74) is 1.36. The van der Waals surface area contributed by atoms with Gasteiger partial charge in [-0.1, -0.05) is 6.07 Å². The second-order valence-electron chi connectivity index (χ2n) is 6.02. The van der Waals surface area contributed by atoms with Crippen molar-refractivity contribution < 1.29 is 24.2 Å². The zero-order valence-electron chi connectivity index (χ0n) is 16.2. The van der Waals surface area contributed by atoms with E-state index < -0.39 is 5.97 Å². The van der Waals surface area contributed by atoms with E-state index in [0.717, 1.165) is 5.56 Å². The average Bonchev–Trinajstić information content (AvgIpc) is 3.02. The van der Waals surface area contributed by atoms with Crippen LogP contribution in [0.2, 0.25) is 0 Å². The quantitative estimate of drug-likeness (QED) is 0.721. The Morgan fingerprint density at radius 1 is 1.21 bits per heavy atom. The average molecular weight is 412 g/mol. The largest absolute Gasteiger partial charge is 0.497 e. The van der Waals surface area contributed by atoms with Gasteiger partial charge in [0.1, 0.15) is 11.5 Å². The fourth-order valence-electron chi connectivity index (χ4n) is 2.77. The smallest absolute Gasteiger partial charge is 0.335 e. The van der Waals surface area contributed by atoms with Crippen LogP contribution in [-0.4, -0.2) is 47.8 Å². The molecule has 0 aromatic heterocycles. The first-order valence-electron chi connectivity index (χ1n) is 8.82. The minimum atomic E-state index is -1.03. The Hall–Kier alpha value is -3.26. The molecule has 1 aliphatic rings. The summed E-state index contributed by atoms with van der Waals surface area (Å²) in [6, 6.07) is 11.7. The number of methoxy groups -OCH3 is 2. The number of benzene rings is 2. The molecule has 0 bridgehead atoms. The predicted molar refractivity (Wildman–Crippen MR) is 113 cm³/mol. The number of amides is 1. The topological polar surface area (TPSA) is 88.4 Å². The summed E-state index contributed by atoms with van der Waals surface area (Å²) in [6.45, 7) is 2.30. The number of aliphatic imine (C=N–C) groups is 1. The molecule has 29 heavy (non-hydrogen) atoms. The zero-order valence-corrected chi connectivity index (χ0v) is 17.0. The molecule has 1 heterocycles. The lowest BCUT2D eigenvalue weighted by Crippen LogP contribution is -2.28. The molecular formula is C21H20N2O5S. The van der Waals surface area contributed by atoms with Gasteiger partial charge in [0.05, 0.1) is 30.4 Å². The Morgan fingerprint density at radius 2 is 2.00 bits per heavy atom. The molecule has 7 nitrogen and oxygen atoms in total. The summed E-state index contributed by atoms with van der Waals surface area (Å²) < 4.78 is 10.6. The van der Waals surface area contributed by atoms with Crippen molar-refractivity contribution in [3.8, 4) is 11.5 Å². The van der Waals surface area contributed by atoms with Crippen LogP contribution in [-0.2, 0) is 4.79 Å². The van der Waals surface area contributed by atoms with Crippen LogP contribution in [0.1, 0.15) is 22.8 Å². The first-order valence-corrected chi connectivity index (χ1v) is 9.64. The van der Waals surface area contributed by atoms with Crippen molar-refractivity contribution in [1.82, 2.24) is 4.90 Å². The van der Waals surface area contributed by atoms with E-state index in [9.17, 15) is 9.59 Å². The van der Waals surface area contributed by atoms with E-state index in [1.54, 1.807) is 49.5 Å². The maximum Gasteiger partial charge on any atom is 0.335 e. The fraction of sp³-hybridized carbons (Fsp3) is 0.190. The number of nitrogens with zero attached hydrogens (tertiary/aromatic N) is 2. The Bertz CT molecular complexity index is 1020. The van der Waals surface area contributed by atoms with Gasteiger partial charge in [0, 0.05) is 18.2 Å². The van der Waals surface area contributed by atoms with Gasteiger partial charge in [-0.05, 0) is 55.1 Å². The second-order valence-corrected chi connectivity index (χ2v) is 7.03. The third kappa shape index (κ3) is 4.43. The molecule has 1 saturated heterocycles. The van der Waals surface area contributed by atoms with E-state index in [0.29, 0.717) is 33.8 Å². The Kier molecular flexibility index (Phi) is 6.23. The highest BCUT2D eigenvalue weighted by atomic mass is 32.2. The monoisotopic (exact) mass is 412 g/mol. The van der Waals surface area contributed by atoms with Crippen LogP contribution in [0.3, 0.4) is 0 Å². The van der Waals surface area contributed by atoms with Gasteiger partial charge >= 0.3 is 5.97 Å². The Morgan fingerprint density at radius 3 is 2.66 bits per heavy atom. The molecule has 0 atom stereocenters. The van der Waals surface area contributed by atoms with Crippen LogP contribution in [0, 0.1) is 0 Å². The van der Waals surface area contributed by atoms with Crippen molar-refractivity contribution in [1.29, 1.82) is 0 Å². The fourth-order valence-corrected chi connectivity index (χ4v) is 3.82. The van der Waals surface area contributed by atoms with E-state index in [1.165, 1.54) is 23.9 Å². The minimum absolute atomic E-state index is 0.142. The summed E-state index contributed by atoms with van der Waals surface area (Å²) in [5, 5.41) is 9.65. The molecule has 0 aliphatic carbocycles. The first-order chi connectivity index (χ1) is 14.0. The number of hydrogen-bond acceptors (Lipinski definition) is 6. The van der Waals surface area contributed by atoms with E-state index >= 15 is 0 Å². The highest BCUT2D eigenvalue weighted by molar-refractivity contribution is 8.18. The highest BCUT2D eigenvalue weighted by Gasteiger charge is 2.32. The van der Waals surface area contributed by atoms with E-state index in [4.69, 9.17) is 14.6 Å². The van der Waals surface area contributed by atoms with Gasteiger partial charge in [0.15, 0.2) is 5.17 Å². The number of rotatable bonds is 6. The van der Waals surface area contributed by atoms with Gasteiger partial charge in [-0.25, -0.2) is 9.79 Å². The summed E-state index contributed by atoms with van der Waals surface area (Å²) in [6.07, 6.45) is 1.75. The van der Waals surface area contributed by atoms with Gasteiger partial charge in [-0.15, -0.1) is 0 Å². The molecule has 0 saturated carbocycles. The molecule has 0 unspecified atom stereocenters. The van der Waals surface area contributed by atoms with E-state index in [1.807, 2.05) is 13.0 Å². The van der Waals surface area contributed by atoms with Crippen LogP contribution in [0.5, 0.6) is 11.5 Å². The lowest BCUT2D eigenvalue weighted by atomic mass is 10.1. The lowest BCUT2D eigenvalue weighted by Gasteiger charge is -2.12. The number of hydrogen-bond donors (Lipinski definition) is 1. The van der Waals surface area contributed by atoms with Gasteiger partial charge in [-0.3, -0.25) is 9.69 Å². The first kappa shape index (κ1) is 20.5. The maximum absolute atomic E-state index is 12.8. The summed E-state index contributed by atoms with van der Waals surface area (Å²) in [4.78, 5) is 30.6. The molecule has 3 rings (SSSR count). The number of amidine groups is 1. The normalized spacial score (nSPS) is 16.5. The number of likely N-dealkylation sites (N-methyl/N-ethyl adjacent to an activating group) is 1. The molecule has 0 radical (unpaired) electrons. The standard InChI is InChI=1S/C21H20N2O5S/c1-4-23-19(24)18(11-13-8-9-16(27-2)12-17(13)28-3)29-21(23)22-15-7-5-6-14(10-15)20(25)26/h5-12H,4H2,1-3H3,(H,25,26). The zero-order chi connectivity index (χ0) is 21.0. The summed E-state index contributed by atoms with van der Waals surface area (Å²) >= 11 is 1.24. The van der Waals surface area contributed by atoms with Gasteiger partial charge in [-0.2, -0.15) is 0 Å². The highest BCUT2D eigenvalue weighted by Crippen LogP contribution is 2.36. The maximum atomic E-state index is 12.8. The van der Waals surface area contributed by atoms with Crippen molar-refractivity contribution in [2.75, 3.05) is 20.8 Å². The number of ether oxygens (including phenoxy) is 2. The number of carbonyl (C=O) groups excluding carboxylic acids is 1. The molecule has 1 amide bonds. The number of carboxylic acids is 1. The third-order valence-electron chi connectivity index (χ3n) is 4.25. The Labute approximate surface area is 172 Å². The van der Waals surface area contributed by atoms with Crippen molar-refractivity contribution in [3.63, 3.8) is 0 Å². The molecule has 2 aromatic carbocycles. The molecule has 8 heteroatoms. The van der Waals surface area contributed by atoms with Crippen molar-refractivity contribution >= 4 is 40.6 Å². The van der Waals surface area contributed by atoms with Crippen molar-refractivity contribution in [2.45, 2.75) is 6.92 Å². The van der Waals surface area contributed by atoms with Gasteiger partial charge in [0.25, 0.3) is 5.91 Å². The summed E-state index contributed by atoms with van der Waals surface area (Å²) in [7, 11) is 3.13. The van der Waals surface area contributed by atoms with Crippen LogP contribution in [0.15, 0.2) is 52.4 Å². The predicted octanol–water partition coefficient (Wildman–Crippen LogP) is 4.03. The molecule has 0 spiro atoms. The molecule has 1 aliphatic heterocycles. The van der Waals surface area contributed by atoms with Crippen LogP contribution < -0.4 is 9.47 Å². The molecule has 1 fully saturated rings. The van der Waals surface area contributed by atoms with Gasteiger partial charge in [0.2, 0.25) is 0 Å². The lowest BCUT2D eigenvalue weighted by molar-refractivity contribution is -0.122. The van der Waals surface area contributed by atoms with Crippen molar-refractivity contribution in [3.05, 3.63) is 58.5 Å². The minimum Gasteiger partial charge on any atom is -0.497 e. The van der Waals surface area contributed by atoms with Crippen LogP contribution in [0.25, 0.3) is 6.08 Å². The van der Waals surface area contributed by atoms with Gasteiger partial charge < -0.3 is 14.6 Å². The van der Waals surface area contributed by atoms with E-state index in [-0.39, 0.29) is 11.5 Å².